The molecule has 0 spiro atoms. The minimum atomic E-state index is 0.101. The summed E-state index contributed by atoms with van der Waals surface area (Å²) in [6, 6.07) is 22.0. The van der Waals surface area contributed by atoms with Crippen molar-refractivity contribution in [1.29, 1.82) is 0 Å². The van der Waals surface area contributed by atoms with E-state index in [2.05, 4.69) is 27.3 Å². The second-order valence-electron chi connectivity index (χ2n) is 12.1. The molecule has 2 atom stereocenters. The molecule has 6 rings (SSSR count). The highest BCUT2D eigenvalue weighted by atomic mass is 35.5. The first-order chi connectivity index (χ1) is 23.3. The number of aromatic nitrogens is 1. The van der Waals surface area contributed by atoms with Crippen molar-refractivity contribution < 1.29 is 19.1 Å². The maximum atomic E-state index is 11.5. The van der Waals surface area contributed by atoms with Gasteiger partial charge in [0.2, 0.25) is 17.7 Å². The second kappa shape index (κ2) is 15.4. The Bertz CT molecular complexity index is 1820. The summed E-state index contributed by atoms with van der Waals surface area (Å²) in [4.78, 5) is 27.8. The summed E-state index contributed by atoms with van der Waals surface area (Å²) in [6.07, 6.45) is 2.86. The fraction of sp³-hybridized carbons (Fsp3) is 0.324. The Morgan fingerprint density at radius 1 is 0.729 bits per heavy atom. The van der Waals surface area contributed by atoms with Gasteiger partial charge in [-0.25, -0.2) is 4.98 Å². The number of nitrogens with zero attached hydrogens (tertiary/aromatic N) is 1. The number of hydrogen-bond donors (Lipinski definition) is 4. The molecule has 1 aromatic heterocycles. The first kappa shape index (κ1) is 33.7. The average Bonchev–Trinajstić information content (AvgIpc) is 3.72. The highest BCUT2D eigenvalue weighted by Gasteiger charge is 2.22. The number of methoxy groups -OCH3 is 2. The smallest absolute Gasteiger partial charge is 0.220 e. The number of carbonyl (C=O) groups excluding carboxylic acids is 2. The molecule has 4 N–H and O–H groups in total. The maximum Gasteiger partial charge on any atom is 0.220 e. The number of carbonyl (C=O) groups is 2. The molecule has 0 unspecified atom stereocenters. The lowest BCUT2D eigenvalue weighted by Gasteiger charge is -2.17. The lowest BCUT2D eigenvalue weighted by molar-refractivity contribution is -0.120. The molecule has 11 heteroatoms. The number of benzene rings is 3. The van der Waals surface area contributed by atoms with Crippen LogP contribution < -0.4 is 30.7 Å². The summed E-state index contributed by atoms with van der Waals surface area (Å²) >= 11 is 14.2. The Balaban J connectivity index is 1.21. The molecule has 0 aliphatic carbocycles. The summed E-state index contributed by atoms with van der Waals surface area (Å²) in [5, 5.41) is 13.9. The zero-order chi connectivity index (χ0) is 33.6. The molecule has 0 saturated carbocycles. The van der Waals surface area contributed by atoms with E-state index in [-0.39, 0.29) is 23.9 Å². The van der Waals surface area contributed by atoms with E-state index >= 15 is 0 Å². The van der Waals surface area contributed by atoms with E-state index in [1.807, 2.05) is 60.7 Å². The topological polar surface area (TPSA) is 114 Å². The van der Waals surface area contributed by atoms with Crippen molar-refractivity contribution in [1.82, 2.24) is 26.3 Å². The summed E-state index contributed by atoms with van der Waals surface area (Å²) < 4.78 is 11.5. The normalized spacial score (nSPS) is 17.3. The quantitative estimate of drug-likeness (QED) is 0.134. The fourth-order valence-corrected chi connectivity index (χ4v) is 6.97. The van der Waals surface area contributed by atoms with Crippen LogP contribution in [0.15, 0.2) is 66.7 Å². The minimum Gasteiger partial charge on any atom is -0.496 e. The van der Waals surface area contributed by atoms with Gasteiger partial charge in [0.15, 0.2) is 0 Å². The highest BCUT2D eigenvalue weighted by Crippen LogP contribution is 2.44. The molecule has 0 radical (unpaired) electrons. The number of pyridine rings is 1. The van der Waals surface area contributed by atoms with E-state index in [0.717, 1.165) is 58.3 Å². The van der Waals surface area contributed by atoms with Crippen LogP contribution in [-0.2, 0) is 22.7 Å². The molecule has 2 amide bonds. The Labute approximate surface area is 290 Å². The van der Waals surface area contributed by atoms with E-state index in [4.69, 9.17) is 37.7 Å². The zero-order valence-corrected chi connectivity index (χ0v) is 28.5. The maximum absolute atomic E-state index is 11.5. The minimum absolute atomic E-state index is 0.101. The number of nitrogens with one attached hydrogen (secondary N) is 4. The molecule has 2 aliphatic rings. The molecule has 9 nitrogen and oxygen atoms in total. The third kappa shape index (κ3) is 7.60. The Kier molecular flexibility index (Phi) is 10.8. The molecule has 48 heavy (non-hydrogen) atoms. The van der Waals surface area contributed by atoms with Gasteiger partial charge in [0.1, 0.15) is 5.75 Å². The van der Waals surface area contributed by atoms with Crippen LogP contribution in [0.2, 0.25) is 10.0 Å². The van der Waals surface area contributed by atoms with Gasteiger partial charge in [-0.1, -0.05) is 77.8 Å². The molecule has 250 valence electrons. The second-order valence-corrected chi connectivity index (χ2v) is 12.9. The molecule has 3 aromatic carbocycles. The van der Waals surface area contributed by atoms with Gasteiger partial charge >= 0.3 is 0 Å². The molecular weight excluding hydrogens is 649 g/mol. The molecule has 3 heterocycles. The number of halogens is 2. The van der Waals surface area contributed by atoms with Gasteiger partial charge in [-0.3, -0.25) is 9.59 Å². The van der Waals surface area contributed by atoms with Crippen molar-refractivity contribution in [2.75, 3.05) is 27.3 Å². The zero-order valence-electron chi connectivity index (χ0n) is 27.0. The molecule has 2 aliphatic heterocycles. The first-order valence-corrected chi connectivity index (χ1v) is 16.9. The van der Waals surface area contributed by atoms with E-state index < -0.39 is 0 Å². The van der Waals surface area contributed by atoms with Crippen molar-refractivity contribution in [3.63, 3.8) is 0 Å². The fourth-order valence-electron chi connectivity index (χ4n) is 6.32. The molecule has 0 bridgehead atoms. The Morgan fingerprint density at radius 2 is 1.31 bits per heavy atom. The Morgan fingerprint density at radius 3 is 1.90 bits per heavy atom. The van der Waals surface area contributed by atoms with E-state index in [0.29, 0.717) is 59.8 Å². The van der Waals surface area contributed by atoms with Gasteiger partial charge in [0, 0.05) is 84.5 Å². The average molecular weight is 689 g/mol. The van der Waals surface area contributed by atoms with Crippen molar-refractivity contribution >= 4 is 35.0 Å². The van der Waals surface area contributed by atoms with Crippen LogP contribution in [0.5, 0.6) is 11.6 Å². The summed E-state index contributed by atoms with van der Waals surface area (Å²) in [5.74, 6) is 1.43. The number of ether oxygens (including phenoxy) is 2. The third-order valence-corrected chi connectivity index (χ3v) is 9.66. The van der Waals surface area contributed by atoms with Crippen molar-refractivity contribution in [3.8, 4) is 45.1 Å². The van der Waals surface area contributed by atoms with Gasteiger partial charge in [0.25, 0.3) is 0 Å². The first-order valence-electron chi connectivity index (χ1n) is 16.1. The van der Waals surface area contributed by atoms with Crippen molar-refractivity contribution in [3.05, 3.63) is 87.9 Å². The number of rotatable bonds is 13. The Hall–Kier alpha value is -4.15. The summed E-state index contributed by atoms with van der Waals surface area (Å²) in [7, 11) is 3.25. The van der Waals surface area contributed by atoms with E-state index in [1.165, 1.54) is 0 Å². The van der Waals surface area contributed by atoms with Gasteiger partial charge in [-0.15, -0.1) is 0 Å². The van der Waals surface area contributed by atoms with Crippen LogP contribution in [0.4, 0.5) is 0 Å². The standard InChI is InChI=1S/C37H39Cl2N5O4/c1-47-32-17-22(18-40-20-24-11-15-33(45)42-24)9-13-26(32)27-5-3-6-28(35(27)38)29-7-4-8-30(36(29)39)31-14-10-23(37(44-31)48-2)19-41-21-25-12-16-34(46)43-25/h3-10,13-14,17,24-25,40-41H,11-12,15-16,18-21H2,1-2H3,(H,42,45)(H,43,46)/t24-,25-/m0/s1. The predicted molar refractivity (Wildman–Crippen MR) is 189 cm³/mol. The third-order valence-electron chi connectivity index (χ3n) is 8.85. The van der Waals surface area contributed by atoms with Crippen LogP contribution in [0.1, 0.15) is 36.8 Å². The van der Waals surface area contributed by atoms with Gasteiger partial charge < -0.3 is 30.7 Å². The predicted octanol–water partition coefficient (Wildman–Crippen LogP) is 6.14. The van der Waals surface area contributed by atoms with Crippen LogP contribution in [0.3, 0.4) is 0 Å². The largest absolute Gasteiger partial charge is 0.496 e. The van der Waals surface area contributed by atoms with E-state index in [1.54, 1.807) is 14.2 Å². The highest BCUT2D eigenvalue weighted by molar-refractivity contribution is 6.39. The van der Waals surface area contributed by atoms with Crippen molar-refractivity contribution in [2.45, 2.75) is 50.9 Å². The van der Waals surface area contributed by atoms with Gasteiger partial charge in [0.05, 0.1) is 30.0 Å². The lowest BCUT2D eigenvalue weighted by Crippen LogP contribution is -2.35. The van der Waals surface area contributed by atoms with Crippen LogP contribution in [0.25, 0.3) is 33.5 Å². The number of amides is 2. The molecular formula is C37H39Cl2N5O4. The van der Waals surface area contributed by atoms with Crippen LogP contribution >= 0.6 is 23.2 Å². The van der Waals surface area contributed by atoms with Crippen LogP contribution in [0, 0.1) is 0 Å². The van der Waals surface area contributed by atoms with Crippen LogP contribution in [-0.4, -0.2) is 56.2 Å². The monoisotopic (exact) mass is 687 g/mol. The van der Waals surface area contributed by atoms with Crippen molar-refractivity contribution in [2.24, 2.45) is 0 Å². The summed E-state index contributed by atoms with van der Waals surface area (Å²) in [5.41, 5.74) is 6.68. The SMILES string of the molecule is COc1cc(CNC[C@@H]2CCC(=O)N2)ccc1-c1cccc(-c2cccc(-c3ccc(CNC[C@@H]4CCC(=O)N4)c(OC)n3)c2Cl)c1Cl. The lowest BCUT2D eigenvalue weighted by atomic mass is 9.95. The van der Waals surface area contributed by atoms with E-state index in [9.17, 15) is 9.59 Å². The molecule has 2 fully saturated rings. The summed E-state index contributed by atoms with van der Waals surface area (Å²) in [6.45, 7) is 2.60. The van der Waals surface area contributed by atoms with Gasteiger partial charge in [-0.2, -0.15) is 0 Å². The van der Waals surface area contributed by atoms with Gasteiger partial charge in [-0.05, 0) is 30.5 Å². The number of hydrogen-bond acceptors (Lipinski definition) is 7. The molecule has 4 aromatic rings. The molecule has 2 saturated heterocycles.